The van der Waals surface area contributed by atoms with Crippen LogP contribution in [0.25, 0.3) is 5.69 Å². The van der Waals surface area contributed by atoms with Crippen LogP contribution >= 0.6 is 0 Å². The van der Waals surface area contributed by atoms with Crippen molar-refractivity contribution in [1.82, 2.24) is 20.0 Å². The third-order valence-electron chi connectivity index (χ3n) is 3.93. The van der Waals surface area contributed by atoms with Crippen LogP contribution in [0.3, 0.4) is 0 Å². The number of rotatable bonds is 2. The minimum absolute atomic E-state index is 0.144. The molecule has 0 unspecified atom stereocenters. The van der Waals surface area contributed by atoms with E-state index in [1.807, 2.05) is 30.3 Å². The van der Waals surface area contributed by atoms with Crippen molar-refractivity contribution in [2.24, 2.45) is 0 Å². The van der Waals surface area contributed by atoms with Crippen molar-refractivity contribution < 1.29 is 9.59 Å². The van der Waals surface area contributed by atoms with Crippen LogP contribution in [0.2, 0.25) is 0 Å². The summed E-state index contributed by atoms with van der Waals surface area (Å²) in [6.07, 6.45) is 1.75. The fourth-order valence-corrected chi connectivity index (χ4v) is 2.56. The van der Waals surface area contributed by atoms with Gasteiger partial charge < -0.3 is 10.2 Å². The molecule has 22 heavy (non-hydrogen) atoms. The zero-order chi connectivity index (χ0) is 15.7. The number of para-hydroxylation sites is 1. The van der Waals surface area contributed by atoms with Crippen LogP contribution in [0.5, 0.6) is 0 Å². The van der Waals surface area contributed by atoms with Gasteiger partial charge in [-0.1, -0.05) is 18.2 Å². The van der Waals surface area contributed by atoms with Crippen LogP contribution in [0.15, 0.2) is 42.6 Å². The Morgan fingerprint density at radius 1 is 1.23 bits per heavy atom. The summed E-state index contributed by atoms with van der Waals surface area (Å²) in [5, 5.41) is 7.12. The molecule has 1 N–H and O–H groups in total. The Hall–Kier alpha value is -2.63. The van der Waals surface area contributed by atoms with Crippen molar-refractivity contribution in [1.29, 1.82) is 0 Å². The lowest BCUT2D eigenvalue weighted by molar-refractivity contribution is -0.133. The number of hydrogen-bond donors (Lipinski definition) is 1. The van der Waals surface area contributed by atoms with E-state index >= 15 is 0 Å². The first-order valence-electron chi connectivity index (χ1n) is 7.21. The van der Waals surface area contributed by atoms with Crippen LogP contribution in [0, 0.1) is 0 Å². The number of carbonyl (C=O) groups excluding carboxylic acids is 2. The highest BCUT2D eigenvalue weighted by Crippen LogP contribution is 2.20. The largest absolute Gasteiger partial charge is 0.352 e. The predicted octanol–water partition coefficient (Wildman–Crippen LogP) is 1.22. The Balaban J connectivity index is 1.87. The first-order valence-corrected chi connectivity index (χ1v) is 7.21. The molecule has 0 bridgehead atoms. The van der Waals surface area contributed by atoms with E-state index in [4.69, 9.17) is 0 Å². The average Bonchev–Trinajstić information content (AvgIpc) is 3.00. The molecular weight excluding hydrogens is 280 g/mol. The Morgan fingerprint density at radius 2 is 1.95 bits per heavy atom. The normalized spacial score (nSPS) is 17.2. The highest BCUT2D eigenvalue weighted by atomic mass is 16.2. The Labute approximate surface area is 128 Å². The number of piperazine rings is 1. The molecule has 1 saturated heterocycles. The molecule has 0 radical (unpaired) electrons. The van der Waals surface area contributed by atoms with E-state index in [1.54, 1.807) is 35.7 Å². The van der Waals surface area contributed by atoms with Crippen LogP contribution in [0.4, 0.5) is 0 Å². The van der Waals surface area contributed by atoms with E-state index < -0.39 is 5.54 Å². The highest BCUT2D eigenvalue weighted by molar-refractivity contribution is 5.98. The third kappa shape index (κ3) is 2.36. The Kier molecular flexibility index (Phi) is 3.44. The van der Waals surface area contributed by atoms with Gasteiger partial charge in [0.2, 0.25) is 5.91 Å². The molecule has 0 saturated carbocycles. The molecule has 1 aliphatic heterocycles. The monoisotopic (exact) mass is 298 g/mol. The second kappa shape index (κ2) is 5.29. The molecule has 0 spiro atoms. The molecule has 3 rings (SSSR count). The zero-order valence-corrected chi connectivity index (χ0v) is 12.6. The minimum atomic E-state index is -0.869. The van der Waals surface area contributed by atoms with Crippen LogP contribution < -0.4 is 5.32 Å². The zero-order valence-electron chi connectivity index (χ0n) is 12.6. The van der Waals surface area contributed by atoms with E-state index in [9.17, 15) is 9.59 Å². The highest BCUT2D eigenvalue weighted by Gasteiger charge is 2.41. The van der Waals surface area contributed by atoms with Crippen molar-refractivity contribution in [3.63, 3.8) is 0 Å². The quantitative estimate of drug-likeness (QED) is 0.906. The smallest absolute Gasteiger partial charge is 0.275 e. The van der Waals surface area contributed by atoms with Gasteiger partial charge in [0.25, 0.3) is 5.91 Å². The number of aromatic nitrogens is 2. The standard InChI is InChI=1S/C16H18N4O2/c1-16(2)15(22)17-9-11-19(16)14(21)13-8-10-20(18-13)12-6-4-3-5-7-12/h3-8,10H,9,11H2,1-2H3,(H,17,22). The molecule has 0 aliphatic carbocycles. The van der Waals surface area contributed by atoms with Gasteiger partial charge in [-0.15, -0.1) is 0 Å². The summed E-state index contributed by atoms with van der Waals surface area (Å²) in [5.74, 6) is -0.371. The van der Waals surface area contributed by atoms with Crippen LogP contribution in [-0.4, -0.2) is 45.1 Å². The molecule has 2 heterocycles. The number of nitrogens with one attached hydrogen (secondary N) is 1. The Bertz CT molecular complexity index is 706. The van der Waals surface area contributed by atoms with Crippen molar-refractivity contribution in [2.75, 3.05) is 13.1 Å². The summed E-state index contributed by atoms with van der Waals surface area (Å²) in [4.78, 5) is 26.2. The SMILES string of the molecule is CC1(C)C(=O)NCCN1C(=O)c1ccn(-c2ccccc2)n1. The molecule has 6 nitrogen and oxygen atoms in total. The number of nitrogens with zero attached hydrogens (tertiary/aromatic N) is 3. The van der Waals surface area contributed by atoms with E-state index in [0.29, 0.717) is 18.8 Å². The fourth-order valence-electron chi connectivity index (χ4n) is 2.56. The van der Waals surface area contributed by atoms with E-state index in [0.717, 1.165) is 5.69 Å². The summed E-state index contributed by atoms with van der Waals surface area (Å²) in [6.45, 7) is 4.43. The summed E-state index contributed by atoms with van der Waals surface area (Å²) >= 11 is 0. The van der Waals surface area contributed by atoms with Crippen LogP contribution in [-0.2, 0) is 4.79 Å². The first kappa shape index (κ1) is 14.3. The summed E-state index contributed by atoms with van der Waals surface area (Å²) in [5.41, 5.74) is 0.357. The van der Waals surface area contributed by atoms with Gasteiger partial charge in [-0.05, 0) is 32.0 Å². The van der Waals surface area contributed by atoms with Gasteiger partial charge in [-0.2, -0.15) is 5.10 Å². The second-order valence-electron chi connectivity index (χ2n) is 5.75. The molecule has 114 valence electrons. The van der Waals surface area contributed by atoms with E-state index in [2.05, 4.69) is 10.4 Å². The van der Waals surface area contributed by atoms with E-state index in [1.165, 1.54) is 0 Å². The molecule has 1 aliphatic rings. The van der Waals surface area contributed by atoms with Gasteiger partial charge in [-0.25, -0.2) is 4.68 Å². The van der Waals surface area contributed by atoms with Crippen molar-refractivity contribution >= 4 is 11.8 Å². The van der Waals surface area contributed by atoms with Gasteiger partial charge >= 0.3 is 0 Å². The van der Waals surface area contributed by atoms with Gasteiger partial charge in [0.05, 0.1) is 5.69 Å². The lowest BCUT2D eigenvalue weighted by Gasteiger charge is -2.40. The summed E-state index contributed by atoms with van der Waals surface area (Å²) < 4.78 is 1.66. The lowest BCUT2D eigenvalue weighted by Crippen LogP contribution is -2.63. The van der Waals surface area contributed by atoms with Gasteiger partial charge in [0.15, 0.2) is 5.69 Å². The molecular formula is C16H18N4O2. The van der Waals surface area contributed by atoms with Crippen molar-refractivity contribution in [2.45, 2.75) is 19.4 Å². The number of benzene rings is 1. The molecule has 1 fully saturated rings. The average molecular weight is 298 g/mol. The molecule has 6 heteroatoms. The molecule has 1 aromatic carbocycles. The van der Waals surface area contributed by atoms with Gasteiger partial charge in [-0.3, -0.25) is 9.59 Å². The maximum Gasteiger partial charge on any atom is 0.275 e. The molecule has 1 aromatic heterocycles. The number of hydrogen-bond acceptors (Lipinski definition) is 3. The van der Waals surface area contributed by atoms with E-state index in [-0.39, 0.29) is 11.8 Å². The van der Waals surface area contributed by atoms with Crippen molar-refractivity contribution in [3.05, 3.63) is 48.3 Å². The molecule has 2 amide bonds. The molecule has 0 atom stereocenters. The van der Waals surface area contributed by atoms with Crippen molar-refractivity contribution in [3.8, 4) is 5.69 Å². The maximum absolute atomic E-state index is 12.7. The maximum atomic E-state index is 12.7. The topological polar surface area (TPSA) is 67.2 Å². The van der Waals surface area contributed by atoms with Gasteiger partial charge in [0.1, 0.15) is 5.54 Å². The Morgan fingerprint density at radius 3 is 2.68 bits per heavy atom. The predicted molar refractivity (Wildman–Crippen MR) is 81.7 cm³/mol. The first-order chi connectivity index (χ1) is 10.5. The summed E-state index contributed by atoms with van der Waals surface area (Å²) in [7, 11) is 0. The van der Waals surface area contributed by atoms with Gasteiger partial charge in [0, 0.05) is 19.3 Å². The van der Waals surface area contributed by atoms with Crippen LogP contribution in [0.1, 0.15) is 24.3 Å². The second-order valence-corrected chi connectivity index (χ2v) is 5.75. The lowest BCUT2D eigenvalue weighted by atomic mass is 9.98. The molecule has 2 aromatic rings. The fraction of sp³-hybridized carbons (Fsp3) is 0.312. The summed E-state index contributed by atoms with van der Waals surface area (Å²) in [6, 6.07) is 11.3. The third-order valence-corrected chi connectivity index (χ3v) is 3.93. The number of amides is 2. The minimum Gasteiger partial charge on any atom is -0.352 e. The number of carbonyl (C=O) groups is 2.